The van der Waals surface area contributed by atoms with E-state index in [9.17, 15) is 4.79 Å². The quantitative estimate of drug-likeness (QED) is 0.575. The molecule has 0 saturated carbocycles. The van der Waals surface area contributed by atoms with Gasteiger partial charge in [-0.3, -0.25) is 9.48 Å². The summed E-state index contributed by atoms with van der Waals surface area (Å²) in [6.07, 6.45) is 3.28. The Hall–Kier alpha value is -1.07. The summed E-state index contributed by atoms with van der Waals surface area (Å²) in [4.78, 5) is 11.9. The van der Waals surface area contributed by atoms with Crippen molar-refractivity contribution in [3.63, 3.8) is 0 Å². The summed E-state index contributed by atoms with van der Waals surface area (Å²) in [5, 5.41) is 7.09. The van der Waals surface area contributed by atoms with Crippen LogP contribution in [0.5, 0.6) is 0 Å². The lowest BCUT2D eigenvalue weighted by molar-refractivity contribution is 0.0943. The first-order valence-electron chi connectivity index (χ1n) is 6.13. The Balaban J connectivity index is 2.32. The van der Waals surface area contributed by atoms with Crippen molar-refractivity contribution >= 4 is 17.5 Å². The van der Waals surface area contributed by atoms with Crippen LogP contribution in [0.4, 0.5) is 0 Å². The second-order valence-electron chi connectivity index (χ2n) is 3.93. The molecule has 6 heteroatoms. The Kier molecular flexibility index (Phi) is 6.75. The molecular formula is C12H20ClN3O2. The Morgan fingerprint density at radius 2 is 2.33 bits per heavy atom. The van der Waals surface area contributed by atoms with E-state index in [1.165, 1.54) is 0 Å². The number of aryl methyl sites for hydroxylation is 2. The topological polar surface area (TPSA) is 56.2 Å². The zero-order valence-electron chi connectivity index (χ0n) is 10.9. The standard InChI is InChI=1S/C12H20ClN3O2/c1-3-11-10(9-16(2)15-11)12(17)14-6-4-7-18-8-5-13/h9H,3-8H2,1-2H3,(H,14,17). The molecule has 0 aliphatic heterocycles. The zero-order chi connectivity index (χ0) is 13.4. The van der Waals surface area contributed by atoms with E-state index in [0.29, 0.717) is 31.2 Å². The van der Waals surface area contributed by atoms with Crippen LogP contribution in [0.2, 0.25) is 0 Å². The number of hydrogen-bond donors (Lipinski definition) is 1. The highest BCUT2D eigenvalue weighted by Crippen LogP contribution is 2.06. The molecule has 1 aromatic heterocycles. The van der Waals surface area contributed by atoms with Gasteiger partial charge in [0.05, 0.1) is 17.9 Å². The molecule has 0 radical (unpaired) electrons. The van der Waals surface area contributed by atoms with E-state index in [2.05, 4.69) is 10.4 Å². The molecule has 0 spiro atoms. The van der Waals surface area contributed by atoms with Crippen LogP contribution in [0.25, 0.3) is 0 Å². The lowest BCUT2D eigenvalue weighted by atomic mass is 10.2. The van der Waals surface area contributed by atoms with Crippen LogP contribution < -0.4 is 5.32 Å². The maximum atomic E-state index is 11.9. The second kappa shape index (κ2) is 8.11. The second-order valence-corrected chi connectivity index (χ2v) is 4.31. The summed E-state index contributed by atoms with van der Waals surface area (Å²) in [5.74, 6) is 0.430. The first-order chi connectivity index (χ1) is 8.69. The molecule has 1 aromatic rings. The summed E-state index contributed by atoms with van der Waals surface area (Å²) in [6.45, 7) is 3.75. The van der Waals surface area contributed by atoms with E-state index in [-0.39, 0.29) is 5.91 Å². The van der Waals surface area contributed by atoms with Crippen molar-refractivity contribution in [3.8, 4) is 0 Å². The molecule has 5 nitrogen and oxygen atoms in total. The zero-order valence-corrected chi connectivity index (χ0v) is 11.7. The number of rotatable bonds is 8. The van der Waals surface area contributed by atoms with Gasteiger partial charge >= 0.3 is 0 Å². The van der Waals surface area contributed by atoms with Crippen LogP contribution in [-0.4, -0.2) is 41.3 Å². The molecule has 0 aliphatic carbocycles. The van der Waals surface area contributed by atoms with Crippen molar-refractivity contribution in [2.24, 2.45) is 7.05 Å². The number of nitrogens with one attached hydrogen (secondary N) is 1. The number of ether oxygens (including phenoxy) is 1. The van der Waals surface area contributed by atoms with Gasteiger partial charge in [-0.05, 0) is 12.8 Å². The van der Waals surface area contributed by atoms with Gasteiger partial charge in [0.15, 0.2) is 0 Å². The van der Waals surface area contributed by atoms with Crippen molar-refractivity contribution in [3.05, 3.63) is 17.5 Å². The minimum Gasteiger partial charge on any atom is -0.380 e. The van der Waals surface area contributed by atoms with E-state index in [0.717, 1.165) is 18.5 Å². The maximum absolute atomic E-state index is 11.9. The van der Waals surface area contributed by atoms with Crippen LogP contribution in [0, 0.1) is 0 Å². The number of amides is 1. The molecule has 0 bridgehead atoms. The molecule has 0 unspecified atom stereocenters. The van der Waals surface area contributed by atoms with E-state index in [4.69, 9.17) is 16.3 Å². The van der Waals surface area contributed by atoms with E-state index in [1.807, 2.05) is 14.0 Å². The van der Waals surface area contributed by atoms with Gasteiger partial charge in [0, 0.05) is 32.3 Å². The molecule has 1 N–H and O–H groups in total. The Labute approximate surface area is 112 Å². The van der Waals surface area contributed by atoms with Gasteiger partial charge in [-0.25, -0.2) is 0 Å². The SMILES string of the molecule is CCc1nn(C)cc1C(=O)NCCCOCCCl. The number of nitrogens with zero attached hydrogens (tertiary/aromatic N) is 2. The fourth-order valence-corrected chi connectivity index (χ4v) is 1.72. The van der Waals surface area contributed by atoms with Gasteiger partial charge in [-0.15, -0.1) is 11.6 Å². The monoisotopic (exact) mass is 273 g/mol. The predicted molar refractivity (Wildman–Crippen MR) is 71.1 cm³/mol. The first kappa shape index (κ1) is 15.0. The normalized spacial score (nSPS) is 10.6. The van der Waals surface area contributed by atoms with Crippen LogP contribution >= 0.6 is 11.6 Å². The summed E-state index contributed by atoms with van der Waals surface area (Å²) < 4.78 is 6.88. The van der Waals surface area contributed by atoms with Crippen molar-refractivity contribution in [2.75, 3.05) is 25.6 Å². The van der Waals surface area contributed by atoms with Crippen molar-refractivity contribution in [1.29, 1.82) is 0 Å². The minimum atomic E-state index is -0.0720. The third kappa shape index (κ3) is 4.66. The Morgan fingerprint density at radius 3 is 3.00 bits per heavy atom. The highest BCUT2D eigenvalue weighted by Gasteiger charge is 2.13. The highest BCUT2D eigenvalue weighted by atomic mass is 35.5. The number of halogens is 1. The average molecular weight is 274 g/mol. The number of hydrogen-bond acceptors (Lipinski definition) is 3. The third-order valence-electron chi connectivity index (χ3n) is 2.46. The largest absolute Gasteiger partial charge is 0.380 e. The molecule has 0 saturated heterocycles. The Bertz CT molecular complexity index is 379. The van der Waals surface area contributed by atoms with Crippen molar-refractivity contribution in [2.45, 2.75) is 19.8 Å². The number of aromatic nitrogens is 2. The van der Waals surface area contributed by atoms with Crippen LogP contribution in [-0.2, 0) is 18.2 Å². The van der Waals surface area contributed by atoms with Crippen LogP contribution in [0.1, 0.15) is 29.4 Å². The molecule has 1 rings (SSSR count). The van der Waals surface area contributed by atoms with Gasteiger partial charge in [-0.2, -0.15) is 5.10 Å². The molecule has 1 amide bonds. The lowest BCUT2D eigenvalue weighted by Crippen LogP contribution is -2.25. The fourth-order valence-electron chi connectivity index (χ4n) is 1.61. The van der Waals surface area contributed by atoms with Gasteiger partial charge in [0.2, 0.25) is 0 Å². The van der Waals surface area contributed by atoms with Crippen molar-refractivity contribution < 1.29 is 9.53 Å². The van der Waals surface area contributed by atoms with Crippen LogP contribution in [0.3, 0.4) is 0 Å². The van der Waals surface area contributed by atoms with E-state index in [1.54, 1.807) is 10.9 Å². The lowest BCUT2D eigenvalue weighted by Gasteiger charge is -2.05. The molecule has 18 heavy (non-hydrogen) atoms. The maximum Gasteiger partial charge on any atom is 0.254 e. The Morgan fingerprint density at radius 1 is 1.56 bits per heavy atom. The van der Waals surface area contributed by atoms with E-state index >= 15 is 0 Å². The molecule has 0 fully saturated rings. The van der Waals surface area contributed by atoms with Gasteiger partial charge in [0.1, 0.15) is 0 Å². The minimum absolute atomic E-state index is 0.0720. The molecule has 102 valence electrons. The summed E-state index contributed by atoms with van der Waals surface area (Å²) in [5.41, 5.74) is 1.48. The van der Waals surface area contributed by atoms with Crippen molar-refractivity contribution in [1.82, 2.24) is 15.1 Å². The molecule has 0 aliphatic rings. The predicted octanol–water partition coefficient (Wildman–Crippen LogP) is 1.36. The highest BCUT2D eigenvalue weighted by molar-refractivity contribution is 6.17. The summed E-state index contributed by atoms with van der Waals surface area (Å²) in [6, 6.07) is 0. The molecule has 0 atom stereocenters. The van der Waals surface area contributed by atoms with Gasteiger partial charge < -0.3 is 10.1 Å². The summed E-state index contributed by atoms with van der Waals surface area (Å²) in [7, 11) is 1.82. The average Bonchev–Trinajstić information content (AvgIpc) is 2.74. The molecule has 1 heterocycles. The summed E-state index contributed by atoms with van der Waals surface area (Å²) >= 11 is 5.48. The first-order valence-corrected chi connectivity index (χ1v) is 6.67. The van der Waals surface area contributed by atoms with E-state index < -0.39 is 0 Å². The smallest absolute Gasteiger partial charge is 0.254 e. The van der Waals surface area contributed by atoms with Gasteiger partial charge in [-0.1, -0.05) is 6.92 Å². The van der Waals surface area contributed by atoms with Crippen LogP contribution in [0.15, 0.2) is 6.20 Å². The fraction of sp³-hybridized carbons (Fsp3) is 0.667. The third-order valence-corrected chi connectivity index (χ3v) is 2.61. The number of carbonyl (C=O) groups is 1. The number of alkyl halides is 1. The molecular weight excluding hydrogens is 254 g/mol. The van der Waals surface area contributed by atoms with Gasteiger partial charge in [0.25, 0.3) is 5.91 Å². The number of carbonyl (C=O) groups excluding carboxylic acids is 1. The molecule has 0 aromatic carbocycles.